The van der Waals surface area contributed by atoms with E-state index < -0.39 is 0 Å². The highest BCUT2D eigenvalue weighted by atomic mass is 15.2. The van der Waals surface area contributed by atoms with Gasteiger partial charge in [0.25, 0.3) is 0 Å². The number of hydrogen-bond donors (Lipinski definition) is 0. The fourth-order valence-electron chi connectivity index (χ4n) is 2.02. The van der Waals surface area contributed by atoms with Gasteiger partial charge < -0.3 is 0 Å². The van der Waals surface area contributed by atoms with Crippen LogP contribution in [0.2, 0.25) is 0 Å². The molecule has 14 heavy (non-hydrogen) atoms. The fraction of sp³-hybridized carbons (Fsp3) is 0.833. The van der Waals surface area contributed by atoms with E-state index in [-0.39, 0.29) is 0 Å². The third kappa shape index (κ3) is 3.10. The molecule has 0 bridgehead atoms. The molecule has 0 aromatic heterocycles. The van der Waals surface area contributed by atoms with Crippen molar-refractivity contribution in [1.29, 1.82) is 0 Å². The van der Waals surface area contributed by atoms with E-state index in [0.717, 1.165) is 12.6 Å². The Kier molecular flexibility index (Phi) is 4.63. The first-order valence-electron chi connectivity index (χ1n) is 5.70. The molecule has 2 nitrogen and oxygen atoms in total. The average molecular weight is 196 g/mol. The standard InChI is InChI=1S/C12H24N2/c1-5-6-8-13(4)12-7-9-14(10-12)11(2)3/h5-6,11-12H,7-10H2,1-4H3/b6-5+. The predicted molar refractivity (Wildman–Crippen MR) is 62.6 cm³/mol. The summed E-state index contributed by atoms with van der Waals surface area (Å²) in [7, 11) is 2.23. The van der Waals surface area contributed by atoms with Crippen LogP contribution in [0.5, 0.6) is 0 Å². The number of hydrogen-bond acceptors (Lipinski definition) is 2. The summed E-state index contributed by atoms with van der Waals surface area (Å²) in [5.74, 6) is 0. The van der Waals surface area contributed by atoms with Crippen LogP contribution in [0.25, 0.3) is 0 Å². The first-order chi connectivity index (χ1) is 6.65. The minimum absolute atomic E-state index is 0.704. The molecule has 0 aromatic carbocycles. The van der Waals surface area contributed by atoms with Gasteiger partial charge in [-0.1, -0.05) is 12.2 Å². The van der Waals surface area contributed by atoms with E-state index in [1.54, 1.807) is 0 Å². The van der Waals surface area contributed by atoms with Crippen molar-refractivity contribution in [3.8, 4) is 0 Å². The fourth-order valence-corrected chi connectivity index (χ4v) is 2.02. The molecule has 0 radical (unpaired) electrons. The van der Waals surface area contributed by atoms with Crippen molar-refractivity contribution in [2.24, 2.45) is 0 Å². The molecule has 1 aliphatic heterocycles. The number of nitrogens with zero attached hydrogens (tertiary/aromatic N) is 2. The Morgan fingerprint density at radius 3 is 2.71 bits per heavy atom. The van der Waals surface area contributed by atoms with Gasteiger partial charge in [-0.2, -0.15) is 0 Å². The Bertz CT molecular complexity index is 187. The van der Waals surface area contributed by atoms with Gasteiger partial charge in [-0.15, -0.1) is 0 Å². The van der Waals surface area contributed by atoms with E-state index in [1.807, 2.05) is 0 Å². The van der Waals surface area contributed by atoms with Crippen LogP contribution in [0, 0.1) is 0 Å². The topological polar surface area (TPSA) is 6.48 Å². The molecule has 1 fully saturated rings. The van der Waals surface area contributed by atoms with E-state index in [0.29, 0.717) is 6.04 Å². The summed E-state index contributed by atoms with van der Waals surface area (Å²) in [6.07, 6.45) is 5.69. The zero-order valence-electron chi connectivity index (χ0n) is 10.0. The molecule has 0 aromatic rings. The second-order valence-electron chi connectivity index (χ2n) is 4.54. The van der Waals surface area contributed by atoms with Crippen molar-refractivity contribution in [2.45, 2.75) is 39.3 Å². The normalized spacial score (nSPS) is 24.6. The maximum atomic E-state index is 2.57. The van der Waals surface area contributed by atoms with Gasteiger partial charge in [-0.3, -0.25) is 9.80 Å². The zero-order valence-corrected chi connectivity index (χ0v) is 10.0. The lowest BCUT2D eigenvalue weighted by atomic mass is 10.2. The second-order valence-corrected chi connectivity index (χ2v) is 4.54. The lowest BCUT2D eigenvalue weighted by molar-refractivity contribution is 0.226. The minimum Gasteiger partial charge on any atom is -0.299 e. The summed E-state index contributed by atoms with van der Waals surface area (Å²) in [5.41, 5.74) is 0. The van der Waals surface area contributed by atoms with Gasteiger partial charge in [0, 0.05) is 31.7 Å². The summed E-state index contributed by atoms with van der Waals surface area (Å²) in [4.78, 5) is 5.03. The highest BCUT2D eigenvalue weighted by molar-refractivity contribution is 4.88. The minimum atomic E-state index is 0.704. The van der Waals surface area contributed by atoms with Crippen molar-refractivity contribution in [1.82, 2.24) is 9.80 Å². The second kappa shape index (κ2) is 5.52. The Hall–Kier alpha value is -0.340. The summed E-state index contributed by atoms with van der Waals surface area (Å²) in [5, 5.41) is 0. The van der Waals surface area contributed by atoms with Crippen molar-refractivity contribution in [2.75, 3.05) is 26.7 Å². The Morgan fingerprint density at radius 2 is 2.21 bits per heavy atom. The maximum absolute atomic E-state index is 2.57. The van der Waals surface area contributed by atoms with Crippen LogP contribution in [0.1, 0.15) is 27.2 Å². The molecule has 1 aliphatic rings. The third-order valence-electron chi connectivity index (χ3n) is 3.18. The van der Waals surface area contributed by atoms with Gasteiger partial charge in [0.1, 0.15) is 0 Å². The quantitative estimate of drug-likeness (QED) is 0.634. The molecule has 0 saturated carbocycles. The smallest absolute Gasteiger partial charge is 0.0235 e. The van der Waals surface area contributed by atoms with Crippen molar-refractivity contribution in [3.05, 3.63) is 12.2 Å². The van der Waals surface area contributed by atoms with Crippen LogP contribution in [0.15, 0.2) is 12.2 Å². The lowest BCUT2D eigenvalue weighted by Crippen LogP contribution is -2.36. The predicted octanol–water partition coefficient (Wildman–Crippen LogP) is 1.98. The van der Waals surface area contributed by atoms with E-state index in [2.05, 4.69) is 49.8 Å². The van der Waals surface area contributed by atoms with Gasteiger partial charge in [0.2, 0.25) is 0 Å². The molecule has 1 saturated heterocycles. The lowest BCUT2D eigenvalue weighted by Gasteiger charge is -2.25. The van der Waals surface area contributed by atoms with Crippen LogP contribution in [-0.2, 0) is 0 Å². The third-order valence-corrected chi connectivity index (χ3v) is 3.18. The van der Waals surface area contributed by atoms with Crippen LogP contribution < -0.4 is 0 Å². The van der Waals surface area contributed by atoms with Gasteiger partial charge in [0.15, 0.2) is 0 Å². The number of rotatable bonds is 4. The first-order valence-corrected chi connectivity index (χ1v) is 5.70. The average Bonchev–Trinajstić information content (AvgIpc) is 2.62. The van der Waals surface area contributed by atoms with E-state index >= 15 is 0 Å². The van der Waals surface area contributed by atoms with E-state index in [9.17, 15) is 0 Å². The maximum Gasteiger partial charge on any atom is 0.0235 e. The molecule has 0 amide bonds. The van der Waals surface area contributed by atoms with Crippen LogP contribution >= 0.6 is 0 Å². The summed E-state index contributed by atoms with van der Waals surface area (Å²) >= 11 is 0. The number of likely N-dealkylation sites (tertiary alicyclic amines) is 1. The number of allylic oxidation sites excluding steroid dienone is 1. The van der Waals surface area contributed by atoms with Crippen LogP contribution in [0.4, 0.5) is 0 Å². The van der Waals surface area contributed by atoms with Crippen molar-refractivity contribution in [3.63, 3.8) is 0 Å². The largest absolute Gasteiger partial charge is 0.299 e. The molecule has 2 heteroatoms. The van der Waals surface area contributed by atoms with Crippen molar-refractivity contribution < 1.29 is 0 Å². The molecule has 0 aliphatic carbocycles. The Morgan fingerprint density at radius 1 is 1.50 bits per heavy atom. The van der Waals surface area contributed by atoms with Gasteiger partial charge in [-0.05, 0) is 34.2 Å². The van der Waals surface area contributed by atoms with Gasteiger partial charge in [0.05, 0.1) is 0 Å². The summed E-state index contributed by atoms with van der Waals surface area (Å²) < 4.78 is 0. The zero-order chi connectivity index (χ0) is 10.6. The van der Waals surface area contributed by atoms with Crippen LogP contribution in [-0.4, -0.2) is 48.6 Å². The molecule has 1 rings (SSSR count). The van der Waals surface area contributed by atoms with E-state index in [4.69, 9.17) is 0 Å². The highest BCUT2D eigenvalue weighted by Gasteiger charge is 2.26. The molecule has 1 heterocycles. The SMILES string of the molecule is C/C=C/CN(C)C1CCN(C(C)C)C1. The Balaban J connectivity index is 2.33. The molecular formula is C12H24N2. The molecule has 1 unspecified atom stereocenters. The molecule has 0 spiro atoms. The first kappa shape index (κ1) is 11.7. The summed E-state index contributed by atoms with van der Waals surface area (Å²) in [6.45, 7) is 10.3. The Labute approximate surface area is 88.6 Å². The monoisotopic (exact) mass is 196 g/mol. The molecule has 1 atom stereocenters. The van der Waals surface area contributed by atoms with Crippen molar-refractivity contribution >= 4 is 0 Å². The van der Waals surface area contributed by atoms with Gasteiger partial charge >= 0.3 is 0 Å². The van der Waals surface area contributed by atoms with E-state index in [1.165, 1.54) is 19.5 Å². The summed E-state index contributed by atoms with van der Waals surface area (Å²) in [6, 6.07) is 1.46. The van der Waals surface area contributed by atoms with Crippen LogP contribution in [0.3, 0.4) is 0 Å². The molecule has 0 N–H and O–H groups in total. The molecular weight excluding hydrogens is 172 g/mol. The number of likely N-dealkylation sites (N-methyl/N-ethyl adjacent to an activating group) is 1. The highest BCUT2D eigenvalue weighted by Crippen LogP contribution is 2.16. The molecule has 82 valence electrons. The van der Waals surface area contributed by atoms with Gasteiger partial charge in [-0.25, -0.2) is 0 Å².